The first-order valence-electron chi connectivity index (χ1n) is 5.25. The molecule has 0 spiro atoms. The van der Waals surface area contributed by atoms with Crippen molar-refractivity contribution in [3.05, 3.63) is 40.5 Å². The number of nitrogens with zero attached hydrogens (tertiary/aromatic N) is 3. The van der Waals surface area contributed by atoms with E-state index in [1.54, 1.807) is 23.7 Å². The molecule has 0 atom stereocenters. The van der Waals surface area contributed by atoms with E-state index in [4.69, 9.17) is 5.84 Å². The quantitative estimate of drug-likeness (QED) is 0.620. The summed E-state index contributed by atoms with van der Waals surface area (Å²) in [4.78, 5) is 10.6. The van der Waals surface area contributed by atoms with Gasteiger partial charge in [0.25, 0.3) is 0 Å². The number of hydrogen-bond donors (Lipinski definition) is 2. The summed E-state index contributed by atoms with van der Waals surface area (Å²) < 4.78 is 0. The van der Waals surface area contributed by atoms with E-state index in [0.29, 0.717) is 5.82 Å². The molecule has 0 aliphatic heterocycles. The highest BCUT2D eigenvalue weighted by Gasteiger charge is 2.03. The van der Waals surface area contributed by atoms with Gasteiger partial charge >= 0.3 is 0 Å². The molecule has 0 aliphatic rings. The molecule has 0 saturated carbocycles. The van der Waals surface area contributed by atoms with Crippen LogP contribution in [-0.2, 0) is 13.1 Å². The lowest BCUT2D eigenvalue weighted by Gasteiger charge is -2.15. The van der Waals surface area contributed by atoms with Crippen molar-refractivity contribution in [2.75, 3.05) is 12.5 Å². The molecule has 17 heavy (non-hydrogen) atoms. The van der Waals surface area contributed by atoms with E-state index in [2.05, 4.69) is 44.2 Å². The third-order valence-electron chi connectivity index (χ3n) is 2.32. The first kappa shape index (κ1) is 12.0. The Bertz CT molecular complexity index is 439. The topological polar surface area (TPSA) is 67.1 Å². The molecule has 2 aromatic heterocycles. The lowest BCUT2D eigenvalue weighted by atomic mass is 10.3. The molecule has 0 aromatic carbocycles. The van der Waals surface area contributed by atoms with E-state index in [1.807, 2.05) is 0 Å². The highest BCUT2D eigenvalue weighted by Crippen LogP contribution is 2.10. The molecule has 0 bridgehead atoms. The number of aromatic nitrogens is 2. The summed E-state index contributed by atoms with van der Waals surface area (Å²) in [6, 6.07) is 2.13. The van der Waals surface area contributed by atoms with Crippen molar-refractivity contribution < 1.29 is 0 Å². The summed E-state index contributed by atoms with van der Waals surface area (Å²) >= 11 is 1.72. The molecule has 6 heteroatoms. The van der Waals surface area contributed by atoms with E-state index in [1.165, 1.54) is 5.56 Å². The minimum atomic E-state index is 0.578. The highest BCUT2D eigenvalue weighted by molar-refractivity contribution is 7.07. The number of nitrogens with one attached hydrogen (secondary N) is 1. The van der Waals surface area contributed by atoms with Crippen LogP contribution in [0.4, 0.5) is 5.82 Å². The van der Waals surface area contributed by atoms with Crippen LogP contribution in [-0.4, -0.2) is 21.9 Å². The first-order chi connectivity index (χ1) is 8.28. The molecule has 2 rings (SSSR count). The van der Waals surface area contributed by atoms with Gasteiger partial charge in [-0.15, -0.1) is 0 Å². The van der Waals surface area contributed by atoms with Gasteiger partial charge in [-0.2, -0.15) is 11.3 Å². The van der Waals surface area contributed by atoms with Gasteiger partial charge < -0.3 is 5.43 Å². The third-order valence-corrected chi connectivity index (χ3v) is 3.05. The van der Waals surface area contributed by atoms with Gasteiger partial charge in [-0.3, -0.25) is 9.88 Å². The van der Waals surface area contributed by atoms with E-state index in [9.17, 15) is 0 Å². The largest absolute Gasteiger partial charge is 0.307 e. The fourth-order valence-corrected chi connectivity index (χ4v) is 2.20. The summed E-state index contributed by atoms with van der Waals surface area (Å²) in [7, 11) is 2.06. The number of hydrazine groups is 1. The minimum Gasteiger partial charge on any atom is -0.307 e. The average Bonchev–Trinajstić information content (AvgIpc) is 2.82. The number of hydrogen-bond acceptors (Lipinski definition) is 6. The van der Waals surface area contributed by atoms with Gasteiger partial charge in [-0.25, -0.2) is 10.8 Å². The van der Waals surface area contributed by atoms with Gasteiger partial charge in [-0.05, 0) is 29.4 Å². The van der Waals surface area contributed by atoms with Crippen molar-refractivity contribution in [1.82, 2.24) is 14.9 Å². The second kappa shape index (κ2) is 5.72. The van der Waals surface area contributed by atoms with Gasteiger partial charge in [0.1, 0.15) is 0 Å². The van der Waals surface area contributed by atoms with Crippen molar-refractivity contribution in [2.24, 2.45) is 5.84 Å². The molecule has 0 saturated heterocycles. The van der Waals surface area contributed by atoms with Crippen molar-refractivity contribution in [3.8, 4) is 0 Å². The van der Waals surface area contributed by atoms with Gasteiger partial charge in [0.15, 0.2) is 5.82 Å². The minimum absolute atomic E-state index is 0.578. The van der Waals surface area contributed by atoms with Crippen molar-refractivity contribution in [2.45, 2.75) is 13.1 Å². The van der Waals surface area contributed by atoms with Crippen LogP contribution in [0.1, 0.15) is 11.3 Å². The average molecular weight is 249 g/mol. The Morgan fingerprint density at radius 3 is 2.82 bits per heavy atom. The number of nitrogen functional groups attached to an aromatic ring is 1. The Morgan fingerprint density at radius 2 is 2.24 bits per heavy atom. The van der Waals surface area contributed by atoms with E-state index in [-0.39, 0.29) is 0 Å². The smallest absolute Gasteiger partial charge is 0.158 e. The fourth-order valence-electron chi connectivity index (χ4n) is 1.54. The zero-order valence-corrected chi connectivity index (χ0v) is 10.4. The standard InChI is InChI=1S/C11H15N5S/c1-16(6-9-2-3-17-8-9)7-10-4-14-11(15-12)5-13-10/h2-5,8H,6-7,12H2,1H3,(H,14,15). The molecule has 2 aromatic rings. The van der Waals surface area contributed by atoms with E-state index in [0.717, 1.165) is 18.8 Å². The molecular weight excluding hydrogens is 234 g/mol. The molecule has 0 unspecified atom stereocenters. The van der Waals surface area contributed by atoms with Crippen LogP contribution in [0.3, 0.4) is 0 Å². The molecule has 0 radical (unpaired) electrons. The maximum Gasteiger partial charge on any atom is 0.158 e. The Kier molecular flexibility index (Phi) is 4.03. The monoisotopic (exact) mass is 249 g/mol. The van der Waals surface area contributed by atoms with Gasteiger partial charge in [0.05, 0.1) is 18.1 Å². The number of nitrogens with two attached hydrogens (primary N) is 1. The molecule has 3 N–H and O–H groups in total. The Balaban J connectivity index is 1.91. The molecule has 0 fully saturated rings. The first-order valence-corrected chi connectivity index (χ1v) is 6.19. The van der Waals surface area contributed by atoms with Crippen LogP contribution in [0.5, 0.6) is 0 Å². The Hall–Kier alpha value is -1.50. The summed E-state index contributed by atoms with van der Waals surface area (Å²) in [6.07, 6.45) is 3.37. The van der Waals surface area contributed by atoms with Crippen LogP contribution in [0.2, 0.25) is 0 Å². The maximum absolute atomic E-state index is 5.23. The number of anilines is 1. The van der Waals surface area contributed by atoms with Crippen molar-refractivity contribution in [3.63, 3.8) is 0 Å². The van der Waals surface area contributed by atoms with Crippen LogP contribution in [0.25, 0.3) is 0 Å². The Morgan fingerprint density at radius 1 is 1.35 bits per heavy atom. The lowest BCUT2D eigenvalue weighted by molar-refractivity contribution is 0.315. The second-order valence-electron chi connectivity index (χ2n) is 3.84. The van der Waals surface area contributed by atoms with Gasteiger partial charge in [0, 0.05) is 13.1 Å². The summed E-state index contributed by atoms with van der Waals surface area (Å²) in [5.41, 5.74) is 4.71. The summed E-state index contributed by atoms with van der Waals surface area (Å²) in [6.45, 7) is 1.69. The lowest BCUT2D eigenvalue weighted by Crippen LogP contribution is -2.18. The molecule has 90 valence electrons. The van der Waals surface area contributed by atoms with E-state index < -0.39 is 0 Å². The van der Waals surface area contributed by atoms with Crippen LogP contribution in [0, 0.1) is 0 Å². The predicted octanol–water partition coefficient (Wildman–Crippen LogP) is 1.46. The zero-order chi connectivity index (χ0) is 12.1. The maximum atomic E-state index is 5.23. The van der Waals surface area contributed by atoms with Crippen LogP contribution >= 0.6 is 11.3 Å². The molecule has 0 aliphatic carbocycles. The number of thiophene rings is 1. The normalized spacial score (nSPS) is 10.8. The van der Waals surface area contributed by atoms with Gasteiger partial charge in [-0.1, -0.05) is 0 Å². The number of rotatable bonds is 5. The van der Waals surface area contributed by atoms with E-state index >= 15 is 0 Å². The SMILES string of the molecule is CN(Cc1ccsc1)Cc1cnc(NN)cn1. The van der Waals surface area contributed by atoms with Crippen molar-refractivity contribution >= 4 is 17.2 Å². The molecule has 0 amide bonds. The predicted molar refractivity (Wildman–Crippen MR) is 69.3 cm³/mol. The van der Waals surface area contributed by atoms with Crippen molar-refractivity contribution in [1.29, 1.82) is 0 Å². The van der Waals surface area contributed by atoms with Gasteiger partial charge in [0.2, 0.25) is 0 Å². The van der Waals surface area contributed by atoms with Crippen LogP contribution < -0.4 is 11.3 Å². The second-order valence-corrected chi connectivity index (χ2v) is 4.62. The Labute approximate surface area is 104 Å². The molecular formula is C11H15N5S. The summed E-state index contributed by atoms with van der Waals surface area (Å²) in [5.74, 6) is 5.81. The summed E-state index contributed by atoms with van der Waals surface area (Å²) in [5, 5.41) is 4.24. The van der Waals surface area contributed by atoms with Crippen LogP contribution in [0.15, 0.2) is 29.2 Å². The molecule has 2 heterocycles. The third kappa shape index (κ3) is 3.48. The highest BCUT2D eigenvalue weighted by atomic mass is 32.1. The fraction of sp³-hybridized carbons (Fsp3) is 0.273. The zero-order valence-electron chi connectivity index (χ0n) is 9.63. The molecule has 5 nitrogen and oxygen atoms in total.